The third kappa shape index (κ3) is 3.41. The molecule has 142 valence electrons. The van der Waals surface area contributed by atoms with Gasteiger partial charge in [-0.15, -0.1) is 0 Å². The monoisotopic (exact) mass is 391 g/mol. The van der Waals surface area contributed by atoms with Crippen molar-refractivity contribution in [2.45, 2.75) is 25.3 Å². The van der Waals surface area contributed by atoms with Gasteiger partial charge in [0.25, 0.3) is 10.0 Å². The van der Waals surface area contributed by atoms with Gasteiger partial charge in [0, 0.05) is 5.39 Å². The minimum absolute atomic E-state index is 0.156. The summed E-state index contributed by atoms with van der Waals surface area (Å²) in [6.45, 7) is 4.08. The van der Waals surface area contributed by atoms with Crippen molar-refractivity contribution in [1.82, 2.24) is 3.97 Å². The van der Waals surface area contributed by atoms with Crippen molar-refractivity contribution in [3.8, 4) is 5.75 Å². The van der Waals surface area contributed by atoms with Crippen molar-refractivity contribution in [2.75, 3.05) is 0 Å². The highest BCUT2D eigenvalue weighted by Crippen LogP contribution is 2.28. The van der Waals surface area contributed by atoms with Crippen LogP contribution >= 0.6 is 0 Å². The molecule has 0 radical (unpaired) electrons. The standard InChI is InChI=1S/C23H21NO3S/c1-17-8-11-22(12-9-17)28(25,26)24-20(16-27-21-6-4-3-5-7-21)15-19-14-18(2)10-13-23(19)24/h3-15H,16H2,1-2H3. The van der Waals surface area contributed by atoms with E-state index >= 15 is 0 Å². The van der Waals surface area contributed by atoms with Crippen molar-refractivity contribution in [1.29, 1.82) is 0 Å². The first-order valence-electron chi connectivity index (χ1n) is 9.06. The molecule has 0 amide bonds. The summed E-state index contributed by atoms with van der Waals surface area (Å²) in [5.41, 5.74) is 3.33. The third-order valence-electron chi connectivity index (χ3n) is 4.67. The molecule has 0 fully saturated rings. The first-order chi connectivity index (χ1) is 13.4. The lowest BCUT2D eigenvalue weighted by atomic mass is 10.2. The lowest BCUT2D eigenvalue weighted by molar-refractivity contribution is 0.300. The average molecular weight is 391 g/mol. The molecule has 3 aromatic carbocycles. The summed E-state index contributed by atoms with van der Waals surface area (Å²) in [5.74, 6) is 0.697. The van der Waals surface area contributed by atoms with E-state index in [0.717, 1.165) is 16.5 Å². The van der Waals surface area contributed by atoms with Gasteiger partial charge in [-0.25, -0.2) is 12.4 Å². The van der Waals surface area contributed by atoms with E-state index in [1.165, 1.54) is 3.97 Å². The van der Waals surface area contributed by atoms with Gasteiger partial charge in [-0.1, -0.05) is 47.5 Å². The summed E-state index contributed by atoms with van der Waals surface area (Å²) >= 11 is 0. The predicted molar refractivity (Wildman–Crippen MR) is 111 cm³/mol. The van der Waals surface area contributed by atoms with Crippen LogP contribution in [0.15, 0.2) is 83.8 Å². The van der Waals surface area contributed by atoms with Crippen LogP contribution in [0.3, 0.4) is 0 Å². The van der Waals surface area contributed by atoms with Crippen LogP contribution in [0.4, 0.5) is 0 Å². The number of hydrogen-bond acceptors (Lipinski definition) is 3. The van der Waals surface area contributed by atoms with E-state index < -0.39 is 10.0 Å². The second-order valence-electron chi connectivity index (χ2n) is 6.88. The van der Waals surface area contributed by atoms with E-state index in [9.17, 15) is 8.42 Å². The summed E-state index contributed by atoms with van der Waals surface area (Å²) in [6.07, 6.45) is 0. The van der Waals surface area contributed by atoms with Gasteiger partial charge in [-0.05, 0) is 56.3 Å². The Morgan fingerprint density at radius 1 is 0.821 bits per heavy atom. The molecule has 0 saturated heterocycles. The number of aromatic nitrogens is 1. The second kappa shape index (κ2) is 7.17. The smallest absolute Gasteiger partial charge is 0.268 e. The Morgan fingerprint density at radius 3 is 2.21 bits per heavy atom. The molecule has 28 heavy (non-hydrogen) atoms. The Labute approximate surface area is 165 Å². The molecule has 0 N–H and O–H groups in total. The van der Waals surface area contributed by atoms with Gasteiger partial charge in [0.2, 0.25) is 0 Å². The molecule has 4 nitrogen and oxygen atoms in total. The molecule has 0 aliphatic heterocycles. The van der Waals surface area contributed by atoms with E-state index in [4.69, 9.17) is 4.74 Å². The molecular weight excluding hydrogens is 370 g/mol. The molecule has 4 aromatic rings. The Hall–Kier alpha value is -3.05. The molecule has 0 atom stereocenters. The zero-order valence-electron chi connectivity index (χ0n) is 15.8. The summed E-state index contributed by atoms with van der Waals surface area (Å²) in [5, 5.41) is 0.877. The Bertz CT molecular complexity index is 1220. The summed E-state index contributed by atoms with van der Waals surface area (Å²) in [4.78, 5) is 0.261. The highest BCUT2D eigenvalue weighted by Gasteiger charge is 2.23. The number of aryl methyl sites for hydroxylation is 2. The van der Waals surface area contributed by atoms with Gasteiger partial charge in [0.15, 0.2) is 0 Å². The van der Waals surface area contributed by atoms with Crippen molar-refractivity contribution in [3.05, 3.63) is 95.7 Å². The first kappa shape index (κ1) is 18.3. The molecular formula is C23H21NO3S. The third-order valence-corrected chi connectivity index (χ3v) is 6.45. The quantitative estimate of drug-likeness (QED) is 0.477. The Kier molecular flexibility index (Phi) is 4.69. The van der Waals surface area contributed by atoms with Gasteiger partial charge in [-0.3, -0.25) is 0 Å². The van der Waals surface area contributed by atoms with E-state index in [1.807, 2.05) is 80.6 Å². The number of ether oxygens (including phenoxy) is 1. The predicted octanol–water partition coefficient (Wildman–Crippen LogP) is 5.07. The molecule has 0 spiro atoms. The molecule has 1 heterocycles. The molecule has 1 aromatic heterocycles. The largest absolute Gasteiger partial charge is 0.487 e. The van der Waals surface area contributed by atoms with Crippen LogP contribution in [0.2, 0.25) is 0 Å². The van der Waals surface area contributed by atoms with Gasteiger partial charge >= 0.3 is 0 Å². The highest BCUT2D eigenvalue weighted by molar-refractivity contribution is 7.90. The van der Waals surface area contributed by atoms with Gasteiger partial charge in [0.1, 0.15) is 12.4 Å². The summed E-state index contributed by atoms with van der Waals surface area (Å²) in [6, 6.07) is 23.9. The normalized spacial score (nSPS) is 11.6. The van der Waals surface area contributed by atoms with Crippen molar-refractivity contribution in [2.24, 2.45) is 0 Å². The minimum atomic E-state index is -3.75. The van der Waals surface area contributed by atoms with Gasteiger partial charge in [-0.2, -0.15) is 0 Å². The van der Waals surface area contributed by atoms with Crippen LogP contribution in [0.1, 0.15) is 16.8 Å². The van der Waals surface area contributed by atoms with Crippen LogP contribution in [0.25, 0.3) is 10.9 Å². The van der Waals surface area contributed by atoms with Crippen LogP contribution < -0.4 is 4.74 Å². The number of rotatable bonds is 5. The first-order valence-corrected chi connectivity index (χ1v) is 10.5. The fourth-order valence-corrected chi connectivity index (χ4v) is 4.77. The lowest BCUT2D eigenvalue weighted by Gasteiger charge is -2.13. The maximum atomic E-state index is 13.4. The van der Waals surface area contributed by atoms with Crippen LogP contribution in [-0.2, 0) is 16.6 Å². The molecule has 0 aliphatic carbocycles. The fraction of sp³-hybridized carbons (Fsp3) is 0.130. The number of para-hydroxylation sites is 1. The van der Waals surface area contributed by atoms with Crippen molar-refractivity contribution in [3.63, 3.8) is 0 Å². The topological polar surface area (TPSA) is 48.3 Å². The van der Waals surface area contributed by atoms with E-state index in [2.05, 4.69) is 0 Å². The Balaban J connectivity index is 1.84. The van der Waals surface area contributed by atoms with Crippen LogP contribution in [0.5, 0.6) is 5.75 Å². The Morgan fingerprint density at radius 2 is 1.50 bits per heavy atom. The average Bonchev–Trinajstić information content (AvgIpc) is 3.05. The molecule has 5 heteroatoms. The van der Waals surface area contributed by atoms with Crippen molar-refractivity contribution < 1.29 is 13.2 Å². The lowest BCUT2D eigenvalue weighted by Crippen LogP contribution is -2.17. The van der Waals surface area contributed by atoms with Gasteiger partial charge < -0.3 is 4.74 Å². The minimum Gasteiger partial charge on any atom is -0.487 e. The number of benzene rings is 3. The zero-order valence-corrected chi connectivity index (χ0v) is 16.6. The van der Waals surface area contributed by atoms with E-state index in [1.54, 1.807) is 12.1 Å². The highest BCUT2D eigenvalue weighted by atomic mass is 32.2. The second-order valence-corrected chi connectivity index (χ2v) is 8.67. The molecule has 0 unspecified atom stereocenters. The number of fused-ring (bicyclic) bond motifs is 1. The number of nitrogens with zero attached hydrogens (tertiary/aromatic N) is 1. The van der Waals surface area contributed by atoms with E-state index in [0.29, 0.717) is 17.0 Å². The summed E-state index contributed by atoms with van der Waals surface area (Å²) < 4.78 is 34.1. The molecule has 0 saturated carbocycles. The maximum absolute atomic E-state index is 13.4. The van der Waals surface area contributed by atoms with Crippen LogP contribution in [0, 0.1) is 13.8 Å². The number of hydrogen-bond donors (Lipinski definition) is 0. The van der Waals surface area contributed by atoms with E-state index in [-0.39, 0.29) is 11.5 Å². The zero-order chi connectivity index (χ0) is 19.7. The van der Waals surface area contributed by atoms with Crippen LogP contribution in [-0.4, -0.2) is 12.4 Å². The molecule has 0 aliphatic rings. The SMILES string of the molecule is Cc1ccc(S(=O)(=O)n2c(COc3ccccc3)cc3cc(C)ccc32)cc1. The molecule has 0 bridgehead atoms. The fourth-order valence-electron chi connectivity index (χ4n) is 3.24. The molecule has 4 rings (SSSR count). The maximum Gasteiger partial charge on any atom is 0.268 e. The van der Waals surface area contributed by atoms with Gasteiger partial charge in [0.05, 0.1) is 16.1 Å². The summed E-state index contributed by atoms with van der Waals surface area (Å²) in [7, 11) is -3.75. The van der Waals surface area contributed by atoms with Crippen molar-refractivity contribution >= 4 is 20.9 Å².